The largest absolute Gasteiger partial charge is 0.488 e. The van der Waals surface area contributed by atoms with Gasteiger partial charge in [-0.3, -0.25) is 24.0 Å². The first kappa shape index (κ1) is 79.9. The fraction of sp³-hybridized carbons (Fsp3) is 0.368. The molecule has 494 valence electrons. The molecular formula is C76H100BN3O11S. The molecular weight excluding hydrogens is 1170 g/mol. The van der Waals surface area contributed by atoms with E-state index in [0.29, 0.717) is 89.0 Å². The number of allylic oxidation sites excluding steroid dienone is 8. The van der Waals surface area contributed by atoms with Crippen molar-refractivity contribution in [1.29, 1.82) is 0 Å². The van der Waals surface area contributed by atoms with Gasteiger partial charge in [-0.05, 0) is 164 Å². The second-order valence-corrected chi connectivity index (χ2v) is 26.6. The minimum absolute atomic E-state index is 0.0220. The maximum absolute atomic E-state index is 11.4. The van der Waals surface area contributed by atoms with Crippen LogP contribution in [0.4, 0.5) is 0 Å². The highest BCUT2D eigenvalue weighted by atomic mass is 32.2. The Balaban J connectivity index is 0.000000359. The lowest BCUT2D eigenvalue weighted by Crippen LogP contribution is -2.29. The van der Waals surface area contributed by atoms with Crippen molar-refractivity contribution in [3.63, 3.8) is 0 Å². The van der Waals surface area contributed by atoms with Crippen LogP contribution in [0.5, 0.6) is 0 Å². The van der Waals surface area contributed by atoms with Gasteiger partial charge in [-0.15, -0.1) is 0 Å². The molecule has 0 saturated carbocycles. The maximum atomic E-state index is 11.4. The topological polar surface area (TPSA) is 265 Å². The number of amides is 1. The number of sulfonamides is 1. The molecule has 0 atom stereocenters. The number of carboxylic acid groups (broad SMARTS) is 1. The van der Waals surface area contributed by atoms with Crippen molar-refractivity contribution in [2.75, 3.05) is 0 Å². The summed E-state index contributed by atoms with van der Waals surface area (Å²) in [7, 11) is -4.92. The van der Waals surface area contributed by atoms with Gasteiger partial charge >= 0.3 is 13.1 Å². The van der Waals surface area contributed by atoms with Gasteiger partial charge in [-0.25, -0.2) is 18.4 Å². The highest BCUT2D eigenvalue weighted by Gasteiger charge is 2.20. The van der Waals surface area contributed by atoms with Crippen molar-refractivity contribution < 1.29 is 47.5 Å². The number of hydrogen-bond donors (Lipinski definition) is 6. The molecule has 8 N–H and O–H groups in total. The third-order valence-corrected chi connectivity index (χ3v) is 15.8. The number of Topliss-reactive ketones (excluding diaryl/α,β-unsaturated/α-hetero) is 2. The van der Waals surface area contributed by atoms with E-state index in [4.69, 9.17) is 26.0 Å². The third-order valence-electron chi connectivity index (χ3n) is 14.9. The molecule has 5 aromatic carbocycles. The first-order valence-electron chi connectivity index (χ1n) is 31.5. The number of nitrogens with one attached hydrogen (secondary N) is 1. The summed E-state index contributed by atoms with van der Waals surface area (Å²) in [5, 5.41) is 31.5. The van der Waals surface area contributed by atoms with E-state index in [2.05, 4.69) is 92.4 Å². The van der Waals surface area contributed by atoms with E-state index in [1.54, 1.807) is 60.8 Å². The van der Waals surface area contributed by atoms with Gasteiger partial charge in [0.15, 0.2) is 17.3 Å². The van der Waals surface area contributed by atoms with Gasteiger partial charge in [0.25, 0.3) is 0 Å². The number of aromatic carboxylic acids is 1. The summed E-state index contributed by atoms with van der Waals surface area (Å²) in [5.41, 5.74) is 17.7. The third kappa shape index (κ3) is 29.4. The molecule has 3 aliphatic carbocycles. The van der Waals surface area contributed by atoms with Gasteiger partial charge in [0, 0.05) is 42.7 Å². The van der Waals surface area contributed by atoms with E-state index in [9.17, 15) is 37.2 Å². The smallest absolute Gasteiger partial charge is 0.478 e. The number of aromatic nitrogens is 1. The predicted octanol–water partition coefficient (Wildman–Crippen LogP) is 15.0. The standard InChI is InChI=1S/C12H14O.C10H13NO.C10H12O2.C9H13BO2.C9H13NO2S.2C9H12O.C8H11NO/c1-8(2)10-4-3-9-5-6-12(13)11(9)7-10;3*1-7(2)8-4-3-5-9(6-8)10(11)12;1-7(2)8-4-3-5-9(6-8)13(10,11)12;1-7(2)8-3-5-9(10)6-4-8;1-7(2)8-5-3-4-6-9(8)10;1-6(2)7-3-4-9-8(10)5-7/h3-4,7-8H,5-6H2,1-2H3;3-7H,1-2H3,(H2,11,12);3-7H,1-2H3,(H,11,12);3-7,11-12H,1-2H3;3-7H,1-2H3,(H2,10,11,12);2*3-5,7H,6H2,1-2H3;3-6H,1-2H3,(H,9,10). The number of pyridine rings is 1. The van der Waals surface area contributed by atoms with Gasteiger partial charge in [-0.2, -0.15) is 0 Å². The Hall–Kier alpha value is -8.15. The van der Waals surface area contributed by atoms with E-state index >= 15 is 0 Å². The monoisotopic (exact) mass is 1270 g/mol. The summed E-state index contributed by atoms with van der Waals surface area (Å²) in [6.45, 7) is 33.2. The van der Waals surface area contributed by atoms with Crippen LogP contribution in [0.25, 0.3) is 0 Å². The number of carbonyl (C=O) groups excluding carboxylic acids is 4. The molecule has 1 heterocycles. The number of aryl methyl sites for hydroxylation is 1. The van der Waals surface area contributed by atoms with Gasteiger partial charge in [0.1, 0.15) is 0 Å². The summed E-state index contributed by atoms with van der Waals surface area (Å²) in [6.07, 6.45) is 15.8. The van der Waals surface area contributed by atoms with Gasteiger partial charge in [0.2, 0.25) is 21.5 Å². The SMILES string of the molecule is CC(C)C1=CC=CCC1=O.CC(C)C1=CCC(=O)C=C1.CC(C)c1cc[nH]c(=O)c1.CC(C)c1ccc2c(c1)C(=O)CC2.CC(C)c1cccc(B(O)O)c1.CC(C)c1cccc(C(=O)O)c1.CC(C)c1cccc(C(N)=O)c1.CC(C)c1cccc(S(N)(=O)=O)c1. The number of carbonyl (C=O) groups is 5. The molecule has 0 aliphatic heterocycles. The van der Waals surface area contributed by atoms with Crippen LogP contribution in [0.2, 0.25) is 0 Å². The van der Waals surface area contributed by atoms with Crippen LogP contribution in [0.3, 0.4) is 0 Å². The van der Waals surface area contributed by atoms with Crippen LogP contribution in [0.15, 0.2) is 191 Å². The quantitative estimate of drug-likeness (QED) is 0.0627. The normalized spacial score (nSPS) is 12.9. The zero-order valence-corrected chi connectivity index (χ0v) is 57.7. The molecule has 1 aromatic heterocycles. The number of ketones is 3. The Kier molecular flexibility index (Phi) is 34.7. The number of primary sulfonamides is 1. The lowest BCUT2D eigenvalue weighted by molar-refractivity contribution is -0.115. The van der Waals surface area contributed by atoms with Crippen LogP contribution in [-0.2, 0) is 26.0 Å². The van der Waals surface area contributed by atoms with Gasteiger partial charge < -0.3 is 25.9 Å². The fourth-order valence-electron chi connectivity index (χ4n) is 8.89. The number of carboxylic acids is 1. The zero-order chi connectivity index (χ0) is 69.6. The van der Waals surface area contributed by atoms with Crippen molar-refractivity contribution in [1.82, 2.24) is 4.98 Å². The maximum Gasteiger partial charge on any atom is 0.488 e. The minimum atomic E-state index is -3.56. The van der Waals surface area contributed by atoms with Crippen molar-refractivity contribution in [3.05, 3.63) is 247 Å². The zero-order valence-electron chi connectivity index (χ0n) is 56.9. The molecule has 14 nitrogen and oxygen atoms in total. The second-order valence-electron chi connectivity index (χ2n) is 25.0. The number of primary amides is 1. The first-order valence-corrected chi connectivity index (χ1v) is 33.1. The molecule has 0 saturated heterocycles. The highest BCUT2D eigenvalue weighted by molar-refractivity contribution is 7.89. The number of rotatable bonds is 12. The molecule has 3 aliphatic rings. The van der Waals surface area contributed by atoms with Crippen molar-refractivity contribution >= 4 is 51.8 Å². The predicted molar refractivity (Wildman–Crippen MR) is 377 cm³/mol. The molecule has 0 bridgehead atoms. The molecule has 0 radical (unpaired) electrons. The van der Waals surface area contributed by atoms with E-state index in [1.165, 1.54) is 22.8 Å². The molecule has 0 unspecified atom stereocenters. The Morgan fingerprint density at radius 3 is 1.45 bits per heavy atom. The van der Waals surface area contributed by atoms with Crippen LogP contribution in [0.1, 0.15) is 236 Å². The number of nitrogens with two attached hydrogens (primary N) is 2. The molecule has 16 heteroatoms. The molecule has 9 rings (SSSR count). The van der Waals surface area contributed by atoms with Crippen molar-refractivity contribution in [2.24, 2.45) is 22.7 Å². The fourth-order valence-corrected chi connectivity index (χ4v) is 9.46. The van der Waals surface area contributed by atoms with Crippen LogP contribution < -0.4 is 21.9 Å². The lowest BCUT2D eigenvalue weighted by atomic mass is 9.79. The highest BCUT2D eigenvalue weighted by Crippen LogP contribution is 2.26. The summed E-state index contributed by atoms with van der Waals surface area (Å²) >= 11 is 0. The summed E-state index contributed by atoms with van der Waals surface area (Å²) in [6, 6.07) is 38.4. The number of hydrogen-bond acceptors (Lipinski definition) is 10. The molecule has 0 fully saturated rings. The minimum Gasteiger partial charge on any atom is -0.478 e. The summed E-state index contributed by atoms with van der Waals surface area (Å²) in [5.74, 6) is 2.98. The first-order chi connectivity index (χ1) is 43.0. The molecule has 1 amide bonds. The number of aromatic amines is 1. The molecule has 6 aromatic rings. The van der Waals surface area contributed by atoms with E-state index in [0.717, 1.165) is 45.4 Å². The van der Waals surface area contributed by atoms with Crippen LogP contribution >= 0.6 is 0 Å². The van der Waals surface area contributed by atoms with Gasteiger partial charge in [-0.1, -0.05) is 214 Å². The molecule has 0 spiro atoms. The Morgan fingerprint density at radius 1 is 0.522 bits per heavy atom. The summed E-state index contributed by atoms with van der Waals surface area (Å²) < 4.78 is 22.0. The average molecular weight is 1270 g/mol. The lowest BCUT2D eigenvalue weighted by Gasteiger charge is -2.10. The Morgan fingerprint density at radius 2 is 1.01 bits per heavy atom. The van der Waals surface area contributed by atoms with E-state index < -0.39 is 23.1 Å². The van der Waals surface area contributed by atoms with Crippen molar-refractivity contribution in [3.8, 4) is 0 Å². The van der Waals surface area contributed by atoms with Crippen LogP contribution in [0, 0.1) is 11.8 Å². The number of H-pyrrole nitrogens is 1. The number of benzene rings is 5. The van der Waals surface area contributed by atoms with E-state index in [-0.39, 0.29) is 27.9 Å². The van der Waals surface area contributed by atoms with E-state index in [1.807, 2.05) is 127 Å². The van der Waals surface area contributed by atoms with Crippen LogP contribution in [-0.4, -0.2) is 64.9 Å². The van der Waals surface area contributed by atoms with Crippen molar-refractivity contribution in [2.45, 2.75) is 177 Å². The summed E-state index contributed by atoms with van der Waals surface area (Å²) in [4.78, 5) is 68.1. The average Bonchev–Trinajstić information content (AvgIpc) is 1.75. The Bertz CT molecular complexity index is 3590. The van der Waals surface area contributed by atoms with Gasteiger partial charge in [0.05, 0.1) is 10.5 Å². The number of fused-ring (bicyclic) bond motifs is 1. The molecule has 92 heavy (non-hydrogen) atoms. The second kappa shape index (κ2) is 40.0. The Labute approximate surface area is 548 Å².